The SMILES string of the molecule is CNC(=O)c1c(-c2ccccn2)nc2c(C(=O)NCc3cnn(-c4cccc(C(F)(F)P)c4)c3)cccn12. The van der Waals surface area contributed by atoms with Gasteiger partial charge in [0.05, 0.1) is 23.1 Å². The Hall–Kier alpha value is -4.50. The predicted octanol–water partition coefficient (Wildman–Crippen LogP) is 3.80. The lowest BCUT2D eigenvalue weighted by molar-refractivity contribution is 0.0944. The Morgan fingerprint density at radius 1 is 1.08 bits per heavy atom. The summed E-state index contributed by atoms with van der Waals surface area (Å²) >= 11 is 0. The maximum Gasteiger partial charge on any atom is 0.283 e. The fraction of sp³-hybridized carbons (Fsp3) is 0.115. The molecule has 0 aliphatic heterocycles. The molecule has 4 aromatic heterocycles. The van der Waals surface area contributed by atoms with Gasteiger partial charge in [0.1, 0.15) is 11.4 Å². The van der Waals surface area contributed by atoms with Crippen molar-refractivity contribution in [1.29, 1.82) is 0 Å². The van der Waals surface area contributed by atoms with Crippen molar-refractivity contribution in [1.82, 2.24) is 34.8 Å². The van der Waals surface area contributed by atoms with E-state index in [0.29, 0.717) is 28.3 Å². The quantitative estimate of drug-likeness (QED) is 0.310. The van der Waals surface area contributed by atoms with Gasteiger partial charge >= 0.3 is 0 Å². The number of amides is 2. The van der Waals surface area contributed by atoms with Crippen molar-refractivity contribution in [2.75, 3.05) is 7.05 Å². The number of fused-ring (bicyclic) bond motifs is 1. The van der Waals surface area contributed by atoms with Crippen LogP contribution in [0.1, 0.15) is 32.0 Å². The number of halogens is 2. The maximum atomic E-state index is 13.7. The summed E-state index contributed by atoms with van der Waals surface area (Å²) in [5.74, 6) is -0.777. The molecule has 38 heavy (non-hydrogen) atoms. The van der Waals surface area contributed by atoms with Crippen molar-refractivity contribution in [2.45, 2.75) is 12.2 Å². The summed E-state index contributed by atoms with van der Waals surface area (Å²) in [6.07, 6.45) is 6.46. The first-order valence-electron chi connectivity index (χ1n) is 11.5. The molecule has 1 atom stereocenters. The molecule has 0 saturated heterocycles. The molecule has 9 nitrogen and oxygen atoms in total. The van der Waals surface area contributed by atoms with Gasteiger partial charge in [0.25, 0.3) is 17.5 Å². The Morgan fingerprint density at radius 2 is 1.92 bits per heavy atom. The number of nitrogens with zero attached hydrogens (tertiary/aromatic N) is 5. The molecule has 1 aromatic carbocycles. The molecule has 0 radical (unpaired) electrons. The van der Waals surface area contributed by atoms with Crippen molar-refractivity contribution >= 4 is 26.7 Å². The van der Waals surface area contributed by atoms with Crippen molar-refractivity contribution in [3.63, 3.8) is 0 Å². The van der Waals surface area contributed by atoms with Gasteiger partial charge in [-0.1, -0.05) is 27.4 Å². The first-order chi connectivity index (χ1) is 18.3. The van der Waals surface area contributed by atoms with E-state index in [1.54, 1.807) is 65.6 Å². The lowest BCUT2D eigenvalue weighted by Gasteiger charge is -2.11. The fourth-order valence-corrected chi connectivity index (χ4v) is 4.17. The summed E-state index contributed by atoms with van der Waals surface area (Å²) in [6, 6.07) is 14.4. The number of aromatic nitrogens is 5. The highest BCUT2D eigenvalue weighted by Gasteiger charge is 2.25. The van der Waals surface area contributed by atoms with Crippen LogP contribution in [0.3, 0.4) is 0 Å². The highest BCUT2D eigenvalue weighted by Crippen LogP contribution is 2.35. The first kappa shape index (κ1) is 25.2. The average Bonchev–Trinajstić information content (AvgIpc) is 3.56. The Balaban J connectivity index is 1.41. The van der Waals surface area contributed by atoms with E-state index in [4.69, 9.17) is 0 Å². The molecule has 4 heterocycles. The molecule has 12 heteroatoms. The molecular weight excluding hydrogens is 511 g/mol. The normalized spacial score (nSPS) is 11.5. The van der Waals surface area contributed by atoms with E-state index in [9.17, 15) is 18.4 Å². The summed E-state index contributed by atoms with van der Waals surface area (Å²) in [6.45, 7) is 0.134. The Morgan fingerprint density at radius 3 is 2.66 bits per heavy atom. The molecule has 0 aliphatic rings. The third kappa shape index (κ3) is 4.88. The summed E-state index contributed by atoms with van der Waals surface area (Å²) in [4.78, 5) is 34.8. The molecule has 0 aliphatic carbocycles. The Labute approximate surface area is 218 Å². The van der Waals surface area contributed by atoms with Crippen LogP contribution in [-0.4, -0.2) is 43.0 Å². The van der Waals surface area contributed by atoms with E-state index >= 15 is 0 Å². The van der Waals surface area contributed by atoms with Crippen LogP contribution in [0.25, 0.3) is 22.7 Å². The smallest absolute Gasteiger partial charge is 0.283 e. The second kappa shape index (κ2) is 10.1. The highest BCUT2D eigenvalue weighted by molar-refractivity contribution is 7.17. The van der Waals surface area contributed by atoms with Crippen molar-refractivity contribution in [3.05, 3.63) is 102 Å². The minimum absolute atomic E-state index is 0.134. The lowest BCUT2D eigenvalue weighted by atomic mass is 10.2. The zero-order valence-electron chi connectivity index (χ0n) is 20.1. The lowest BCUT2D eigenvalue weighted by Crippen LogP contribution is -2.24. The third-order valence-corrected chi connectivity index (χ3v) is 6.16. The monoisotopic (exact) mass is 533 g/mol. The van der Waals surface area contributed by atoms with Crippen LogP contribution in [0.5, 0.6) is 0 Å². The van der Waals surface area contributed by atoms with Crippen LogP contribution >= 0.6 is 9.24 Å². The van der Waals surface area contributed by atoms with Gasteiger partial charge < -0.3 is 10.6 Å². The number of hydrogen-bond acceptors (Lipinski definition) is 5. The van der Waals surface area contributed by atoms with Crippen LogP contribution < -0.4 is 10.6 Å². The molecule has 2 amide bonds. The second-order valence-corrected chi connectivity index (χ2v) is 9.09. The number of pyridine rings is 2. The minimum Gasteiger partial charge on any atom is -0.354 e. The molecular formula is C26H22F2N7O2P. The summed E-state index contributed by atoms with van der Waals surface area (Å²) in [5, 5.41) is 9.68. The van der Waals surface area contributed by atoms with Gasteiger partial charge in [-0.15, -0.1) is 0 Å². The molecule has 5 rings (SSSR count). The predicted molar refractivity (Wildman–Crippen MR) is 140 cm³/mol. The van der Waals surface area contributed by atoms with Gasteiger partial charge in [0.15, 0.2) is 5.65 Å². The van der Waals surface area contributed by atoms with Gasteiger partial charge in [-0.25, -0.2) is 9.67 Å². The van der Waals surface area contributed by atoms with Crippen molar-refractivity contribution in [2.24, 2.45) is 0 Å². The summed E-state index contributed by atoms with van der Waals surface area (Å²) in [5.41, 5.74) is -0.401. The number of carbonyl (C=O) groups is 2. The third-order valence-electron chi connectivity index (χ3n) is 5.83. The zero-order chi connectivity index (χ0) is 26.9. The van der Waals surface area contributed by atoms with E-state index in [2.05, 4.69) is 25.7 Å². The molecule has 0 saturated carbocycles. The average molecular weight is 533 g/mol. The van der Waals surface area contributed by atoms with Crippen LogP contribution in [0.2, 0.25) is 0 Å². The number of hydrogen-bond donors (Lipinski definition) is 2. The highest BCUT2D eigenvalue weighted by atomic mass is 31.0. The molecule has 5 aromatic rings. The zero-order valence-corrected chi connectivity index (χ0v) is 21.3. The van der Waals surface area contributed by atoms with Crippen LogP contribution in [0.4, 0.5) is 8.78 Å². The van der Waals surface area contributed by atoms with E-state index in [1.807, 2.05) is 0 Å². The van der Waals surface area contributed by atoms with Crippen LogP contribution in [0, 0.1) is 0 Å². The molecule has 0 bridgehead atoms. The fourth-order valence-electron chi connectivity index (χ4n) is 3.99. The standard InChI is InChI=1S/C26H22F2N7O2P/c1-29-25(37)22-21(20-9-2-3-10-30-20)33-23-19(8-5-11-34(22)23)24(36)31-13-16-14-32-35(15-16)18-7-4-6-17(12-18)26(27,28)38/h2-12,14-15H,13,38H2,1H3,(H,29,37)(H,31,36). The number of imidazole rings is 1. The van der Waals surface area contributed by atoms with E-state index in [-0.39, 0.29) is 29.3 Å². The largest absolute Gasteiger partial charge is 0.354 e. The van der Waals surface area contributed by atoms with Crippen LogP contribution in [-0.2, 0) is 12.2 Å². The van der Waals surface area contributed by atoms with E-state index in [0.717, 1.165) is 0 Å². The Bertz CT molecular complexity index is 1640. The van der Waals surface area contributed by atoms with Gasteiger partial charge in [-0.3, -0.25) is 19.0 Å². The number of nitrogens with one attached hydrogen (secondary N) is 2. The maximum absolute atomic E-state index is 13.7. The topological polar surface area (TPSA) is 106 Å². The van der Waals surface area contributed by atoms with Crippen molar-refractivity contribution < 1.29 is 18.4 Å². The number of benzene rings is 1. The van der Waals surface area contributed by atoms with Gasteiger partial charge in [-0.05, 0) is 36.4 Å². The molecule has 192 valence electrons. The molecule has 1 unspecified atom stereocenters. The minimum atomic E-state index is -3.05. The number of rotatable bonds is 7. The first-order valence-corrected chi connectivity index (χ1v) is 12.1. The number of alkyl halides is 2. The van der Waals surface area contributed by atoms with E-state index < -0.39 is 11.6 Å². The van der Waals surface area contributed by atoms with Gasteiger partial charge in [-0.2, -0.15) is 13.9 Å². The molecule has 0 fully saturated rings. The van der Waals surface area contributed by atoms with Crippen molar-refractivity contribution in [3.8, 4) is 17.1 Å². The van der Waals surface area contributed by atoms with Gasteiger partial charge in [0, 0.05) is 43.3 Å². The summed E-state index contributed by atoms with van der Waals surface area (Å²) in [7, 11) is 3.04. The Kier molecular flexibility index (Phi) is 6.69. The molecule has 0 spiro atoms. The van der Waals surface area contributed by atoms with E-state index in [1.165, 1.54) is 39.2 Å². The summed E-state index contributed by atoms with van der Waals surface area (Å²) < 4.78 is 30.4. The van der Waals surface area contributed by atoms with Crippen LogP contribution in [0.15, 0.2) is 79.4 Å². The number of carbonyl (C=O) groups excluding carboxylic acids is 2. The molecule has 2 N–H and O–H groups in total. The second-order valence-electron chi connectivity index (χ2n) is 8.37. The van der Waals surface area contributed by atoms with Gasteiger partial charge in [0.2, 0.25) is 0 Å².